The van der Waals surface area contributed by atoms with Crippen LogP contribution >= 0.6 is 0 Å². The molecule has 7 rings (SSSR count). The van der Waals surface area contributed by atoms with Crippen molar-refractivity contribution in [2.24, 2.45) is 17.3 Å². The Morgan fingerprint density at radius 1 is 1.06 bits per heavy atom. The van der Waals surface area contributed by atoms with Crippen LogP contribution in [-0.4, -0.2) is 16.2 Å². The highest BCUT2D eigenvalue weighted by Crippen LogP contribution is 2.69. The number of aromatic nitrogens is 1. The smallest absolute Gasteiger partial charge is 0.0975 e. The third-order valence-electron chi connectivity index (χ3n) is 9.59. The molecule has 6 unspecified atom stereocenters. The van der Waals surface area contributed by atoms with Crippen LogP contribution in [0.15, 0.2) is 72.1 Å². The topological polar surface area (TPSA) is 22.1 Å². The molecule has 2 nitrogen and oxygen atoms in total. The number of hydrogen-bond acceptors (Lipinski definition) is 2. The number of allylic oxidation sites excluding steroid dienone is 2. The molecule has 31 heavy (non-hydrogen) atoms. The maximum atomic E-state index is 7.29. The van der Waals surface area contributed by atoms with E-state index in [1.54, 1.807) is 0 Å². The molecule has 0 radical (unpaired) electrons. The highest BCUT2D eigenvalue weighted by Gasteiger charge is 2.66. The Hall–Kier alpha value is -2.19. The Kier molecular flexibility index (Phi) is 3.55. The van der Waals surface area contributed by atoms with Gasteiger partial charge in [0.25, 0.3) is 0 Å². The van der Waals surface area contributed by atoms with Gasteiger partial charge in [0, 0.05) is 17.8 Å². The molecular formula is C29H31NO. The van der Waals surface area contributed by atoms with E-state index in [1.165, 1.54) is 53.2 Å². The SMILES string of the molecule is CC1C=CC2=CC3=CCC4(C)C(c5ccc6ccncc6c5)CCC4C34CCC2(C1)O4. The van der Waals surface area contributed by atoms with E-state index in [0.29, 0.717) is 17.8 Å². The van der Waals surface area contributed by atoms with Gasteiger partial charge in [0.1, 0.15) is 0 Å². The van der Waals surface area contributed by atoms with Crippen LogP contribution < -0.4 is 0 Å². The van der Waals surface area contributed by atoms with E-state index >= 15 is 0 Å². The molecule has 3 aliphatic carbocycles. The average Bonchev–Trinajstić information content (AvgIpc) is 3.28. The van der Waals surface area contributed by atoms with Crippen molar-refractivity contribution in [2.45, 2.75) is 69.5 Å². The summed E-state index contributed by atoms with van der Waals surface area (Å²) >= 11 is 0. The molecule has 2 bridgehead atoms. The minimum absolute atomic E-state index is 0.0313. The first-order valence-electron chi connectivity index (χ1n) is 12.2. The van der Waals surface area contributed by atoms with Gasteiger partial charge in [-0.2, -0.15) is 0 Å². The summed E-state index contributed by atoms with van der Waals surface area (Å²) in [4.78, 5) is 4.37. The van der Waals surface area contributed by atoms with Crippen LogP contribution in [0.3, 0.4) is 0 Å². The quantitative estimate of drug-likeness (QED) is 0.512. The highest BCUT2D eigenvalue weighted by molar-refractivity contribution is 5.82. The predicted molar refractivity (Wildman–Crippen MR) is 125 cm³/mol. The highest BCUT2D eigenvalue weighted by atomic mass is 16.5. The summed E-state index contributed by atoms with van der Waals surface area (Å²) in [5.41, 5.74) is 4.58. The van der Waals surface area contributed by atoms with Crippen molar-refractivity contribution < 1.29 is 4.74 Å². The normalized spacial score (nSPS) is 42.6. The van der Waals surface area contributed by atoms with Gasteiger partial charge in [0.05, 0.1) is 11.2 Å². The molecule has 0 amide bonds. The fourth-order valence-corrected chi connectivity index (χ4v) is 8.15. The molecule has 3 heterocycles. The largest absolute Gasteiger partial charge is 0.359 e. The number of benzene rings is 1. The zero-order chi connectivity index (χ0) is 20.8. The molecule has 1 saturated heterocycles. The molecule has 2 aromatic rings. The van der Waals surface area contributed by atoms with Crippen LogP contribution in [0.2, 0.25) is 0 Å². The van der Waals surface area contributed by atoms with Crippen molar-refractivity contribution in [2.75, 3.05) is 0 Å². The number of rotatable bonds is 1. The Morgan fingerprint density at radius 3 is 2.94 bits per heavy atom. The summed E-state index contributed by atoms with van der Waals surface area (Å²) in [6.45, 7) is 4.90. The lowest BCUT2D eigenvalue weighted by Crippen LogP contribution is -2.53. The van der Waals surface area contributed by atoms with Crippen LogP contribution in [0.25, 0.3) is 10.8 Å². The lowest BCUT2D eigenvalue weighted by Gasteiger charge is -2.53. The van der Waals surface area contributed by atoms with Gasteiger partial charge in [-0.15, -0.1) is 0 Å². The second kappa shape index (κ2) is 5.98. The summed E-state index contributed by atoms with van der Waals surface area (Å²) in [7, 11) is 0. The van der Waals surface area contributed by atoms with Gasteiger partial charge < -0.3 is 4.74 Å². The van der Waals surface area contributed by atoms with Gasteiger partial charge in [0.15, 0.2) is 0 Å². The van der Waals surface area contributed by atoms with Crippen molar-refractivity contribution in [3.63, 3.8) is 0 Å². The Labute approximate surface area is 185 Å². The minimum atomic E-state index is -0.0610. The summed E-state index contributed by atoms with van der Waals surface area (Å²) in [6.07, 6.45) is 20.9. The third-order valence-corrected chi connectivity index (χ3v) is 9.59. The van der Waals surface area contributed by atoms with Crippen LogP contribution in [0.1, 0.15) is 63.9 Å². The molecular weight excluding hydrogens is 378 g/mol. The van der Waals surface area contributed by atoms with E-state index in [-0.39, 0.29) is 16.6 Å². The van der Waals surface area contributed by atoms with Gasteiger partial charge in [-0.3, -0.25) is 4.98 Å². The molecule has 6 atom stereocenters. The summed E-state index contributed by atoms with van der Waals surface area (Å²) in [5.74, 6) is 1.80. The lowest BCUT2D eigenvalue weighted by atomic mass is 9.58. The van der Waals surface area contributed by atoms with Crippen molar-refractivity contribution in [3.05, 3.63) is 77.7 Å². The second-order valence-corrected chi connectivity index (χ2v) is 11.2. The van der Waals surface area contributed by atoms with E-state index in [1.807, 2.05) is 12.4 Å². The van der Waals surface area contributed by atoms with Crippen molar-refractivity contribution in [1.29, 1.82) is 0 Å². The first kappa shape index (κ1) is 18.4. The second-order valence-electron chi connectivity index (χ2n) is 11.2. The zero-order valence-corrected chi connectivity index (χ0v) is 18.6. The van der Waals surface area contributed by atoms with Gasteiger partial charge >= 0.3 is 0 Å². The summed E-state index contributed by atoms with van der Waals surface area (Å²) in [5, 5.41) is 2.55. The van der Waals surface area contributed by atoms with E-state index in [4.69, 9.17) is 4.74 Å². The zero-order valence-electron chi connectivity index (χ0n) is 18.6. The van der Waals surface area contributed by atoms with Crippen molar-refractivity contribution >= 4 is 10.8 Å². The maximum Gasteiger partial charge on any atom is 0.0975 e. The third kappa shape index (κ3) is 2.30. The van der Waals surface area contributed by atoms with E-state index in [9.17, 15) is 0 Å². The molecule has 2 spiro atoms. The number of pyridine rings is 1. The molecule has 2 fully saturated rings. The summed E-state index contributed by atoms with van der Waals surface area (Å²) in [6, 6.07) is 9.18. The average molecular weight is 410 g/mol. The van der Waals surface area contributed by atoms with Gasteiger partial charge in [-0.1, -0.05) is 50.3 Å². The Balaban J connectivity index is 1.32. The van der Waals surface area contributed by atoms with Gasteiger partial charge in [0.2, 0.25) is 0 Å². The van der Waals surface area contributed by atoms with Gasteiger partial charge in [-0.05, 0) is 95.9 Å². The Bertz CT molecular complexity index is 1190. The van der Waals surface area contributed by atoms with E-state index < -0.39 is 0 Å². The molecule has 2 heteroatoms. The summed E-state index contributed by atoms with van der Waals surface area (Å²) < 4.78 is 7.29. The minimum Gasteiger partial charge on any atom is -0.359 e. The fourth-order valence-electron chi connectivity index (χ4n) is 8.15. The number of hydrogen-bond donors (Lipinski definition) is 0. The van der Waals surface area contributed by atoms with E-state index in [0.717, 1.165) is 12.8 Å². The lowest BCUT2D eigenvalue weighted by molar-refractivity contribution is -0.131. The first-order valence-corrected chi connectivity index (χ1v) is 12.2. The van der Waals surface area contributed by atoms with Crippen LogP contribution in [0.4, 0.5) is 0 Å². The van der Waals surface area contributed by atoms with Crippen LogP contribution in [-0.2, 0) is 4.74 Å². The standard InChI is InChI=1S/C29H31NO/c1-19-3-6-23-16-24-9-11-27(2)25(21-5-4-20-10-14-30-18-22(20)15-21)7-8-26(27)29(24)13-12-28(23,17-19)31-29/h3-6,9-10,14-16,18-19,25-26H,7-8,11-13,17H2,1-2H3. The molecule has 158 valence electrons. The monoisotopic (exact) mass is 409 g/mol. The molecule has 5 aliphatic rings. The Morgan fingerprint density at radius 2 is 2.00 bits per heavy atom. The number of nitrogens with zero attached hydrogens (tertiary/aromatic N) is 1. The van der Waals surface area contributed by atoms with Crippen molar-refractivity contribution in [3.8, 4) is 0 Å². The molecule has 1 saturated carbocycles. The van der Waals surface area contributed by atoms with Crippen LogP contribution in [0.5, 0.6) is 0 Å². The molecule has 0 N–H and O–H groups in total. The van der Waals surface area contributed by atoms with Crippen molar-refractivity contribution in [1.82, 2.24) is 4.98 Å². The number of fused-ring (bicyclic) bond motifs is 2. The molecule has 1 aromatic heterocycles. The van der Waals surface area contributed by atoms with E-state index in [2.05, 4.69) is 67.4 Å². The first-order chi connectivity index (χ1) is 15.0. The van der Waals surface area contributed by atoms with Crippen LogP contribution in [0, 0.1) is 17.3 Å². The maximum absolute atomic E-state index is 7.29. The van der Waals surface area contributed by atoms with Gasteiger partial charge in [-0.25, -0.2) is 0 Å². The number of ether oxygens (including phenoxy) is 1. The predicted octanol–water partition coefficient (Wildman–Crippen LogP) is 6.89. The molecule has 1 aromatic carbocycles. The molecule has 2 aliphatic heterocycles. The fraction of sp³-hybridized carbons (Fsp3) is 0.483.